The molecule has 1 aliphatic carbocycles. The first-order valence-electron chi connectivity index (χ1n) is 6.88. The second-order valence-corrected chi connectivity index (χ2v) is 4.91. The summed E-state index contributed by atoms with van der Waals surface area (Å²) < 4.78 is 11.4. The Morgan fingerprint density at radius 2 is 1.72 bits per heavy atom. The summed E-state index contributed by atoms with van der Waals surface area (Å²) in [4.78, 5) is 0. The quantitative estimate of drug-likeness (QED) is 0.788. The summed E-state index contributed by atoms with van der Waals surface area (Å²) in [6, 6.07) is 9.87. The van der Waals surface area contributed by atoms with Crippen LogP contribution in [0.3, 0.4) is 0 Å². The van der Waals surface area contributed by atoms with Crippen LogP contribution in [0, 0.1) is 5.92 Å². The molecule has 0 radical (unpaired) electrons. The monoisotopic (exact) mass is 249 g/mol. The summed E-state index contributed by atoms with van der Waals surface area (Å²) in [6.07, 6.45) is 5.12. The maximum Gasteiger partial charge on any atom is 0.119 e. The van der Waals surface area contributed by atoms with E-state index in [9.17, 15) is 0 Å². The van der Waals surface area contributed by atoms with Gasteiger partial charge in [0, 0.05) is 0 Å². The van der Waals surface area contributed by atoms with Crippen molar-refractivity contribution in [1.29, 1.82) is 0 Å². The van der Waals surface area contributed by atoms with Gasteiger partial charge in [0.1, 0.15) is 12.4 Å². The molecule has 0 unspecified atom stereocenters. The molecular weight excluding hydrogens is 226 g/mol. The lowest BCUT2D eigenvalue weighted by Gasteiger charge is -2.27. The first-order chi connectivity index (χ1) is 8.88. The number of rotatable bonds is 6. The van der Waals surface area contributed by atoms with E-state index in [0.29, 0.717) is 25.2 Å². The van der Waals surface area contributed by atoms with Crippen molar-refractivity contribution < 1.29 is 9.47 Å². The van der Waals surface area contributed by atoms with Gasteiger partial charge in [-0.2, -0.15) is 0 Å². The van der Waals surface area contributed by atoms with E-state index in [1.807, 2.05) is 30.3 Å². The van der Waals surface area contributed by atoms with Crippen LogP contribution in [0.2, 0.25) is 0 Å². The lowest BCUT2D eigenvalue weighted by molar-refractivity contribution is 0.00497. The number of benzene rings is 1. The van der Waals surface area contributed by atoms with Crippen LogP contribution in [0.4, 0.5) is 0 Å². The van der Waals surface area contributed by atoms with Gasteiger partial charge in [-0.1, -0.05) is 18.2 Å². The molecule has 0 heterocycles. The number of hydrogen-bond donors (Lipinski definition) is 1. The third-order valence-corrected chi connectivity index (χ3v) is 3.58. The molecule has 18 heavy (non-hydrogen) atoms. The van der Waals surface area contributed by atoms with Crippen LogP contribution >= 0.6 is 0 Å². The van der Waals surface area contributed by atoms with Crippen molar-refractivity contribution in [3.8, 4) is 5.75 Å². The van der Waals surface area contributed by atoms with Gasteiger partial charge in [0.05, 0.1) is 12.7 Å². The molecule has 3 heteroatoms. The van der Waals surface area contributed by atoms with Crippen molar-refractivity contribution in [1.82, 2.24) is 0 Å². The molecule has 2 rings (SSSR count). The van der Waals surface area contributed by atoms with E-state index in [1.165, 1.54) is 12.8 Å². The van der Waals surface area contributed by atoms with E-state index in [2.05, 4.69) is 0 Å². The molecule has 3 nitrogen and oxygen atoms in total. The normalized spacial score (nSPS) is 23.8. The van der Waals surface area contributed by atoms with Gasteiger partial charge in [0.25, 0.3) is 0 Å². The van der Waals surface area contributed by atoms with Gasteiger partial charge >= 0.3 is 0 Å². The topological polar surface area (TPSA) is 44.5 Å². The zero-order chi connectivity index (χ0) is 12.6. The molecule has 0 amide bonds. The Bertz CT molecular complexity index is 321. The van der Waals surface area contributed by atoms with Crippen molar-refractivity contribution in [2.24, 2.45) is 11.7 Å². The number of hydrogen-bond acceptors (Lipinski definition) is 3. The molecule has 2 N–H and O–H groups in total. The summed E-state index contributed by atoms with van der Waals surface area (Å²) >= 11 is 0. The van der Waals surface area contributed by atoms with Gasteiger partial charge in [0.15, 0.2) is 0 Å². The van der Waals surface area contributed by atoms with Gasteiger partial charge in [-0.25, -0.2) is 0 Å². The summed E-state index contributed by atoms with van der Waals surface area (Å²) in [5, 5.41) is 0. The van der Waals surface area contributed by atoms with Crippen molar-refractivity contribution in [3.05, 3.63) is 30.3 Å². The molecule has 0 bridgehead atoms. The Balaban J connectivity index is 1.56. The van der Waals surface area contributed by atoms with E-state index in [1.54, 1.807) is 0 Å². The molecule has 1 aromatic rings. The molecule has 0 aromatic heterocycles. The van der Waals surface area contributed by atoms with Crippen LogP contribution in [-0.4, -0.2) is 25.9 Å². The lowest BCUT2D eigenvalue weighted by atomic mass is 9.87. The highest BCUT2D eigenvalue weighted by molar-refractivity contribution is 5.20. The first kappa shape index (κ1) is 13.4. The van der Waals surface area contributed by atoms with Crippen LogP contribution in [0.5, 0.6) is 5.75 Å². The lowest BCUT2D eigenvalue weighted by Crippen LogP contribution is -2.27. The van der Waals surface area contributed by atoms with E-state index >= 15 is 0 Å². The van der Waals surface area contributed by atoms with Gasteiger partial charge in [-0.15, -0.1) is 0 Å². The summed E-state index contributed by atoms with van der Waals surface area (Å²) in [5.41, 5.74) is 5.67. The minimum atomic E-state index is 0.409. The average molecular weight is 249 g/mol. The number of para-hydroxylation sites is 1. The van der Waals surface area contributed by atoms with Crippen molar-refractivity contribution in [2.45, 2.75) is 31.8 Å². The minimum Gasteiger partial charge on any atom is -0.491 e. The first-order valence-corrected chi connectivity index (χ1v) is 6.88. The highest BCUT2D eigenvalue weighted by Crippen LogP contribution is 2.25. The van der Waals surface area contributed by atoms with Gasteiger partial charge in [0.2, 0.25) is 0 Å². The fourth-order valence-corrected chi connectivity index (χ4v) is 2.43. The van der Waals surface area contributed by atoms with Crippen molar-refractivity contribution in [3.63, 3.8) is 0 Å². The molecule has 100 valence electrons. The molecule has 1 saturated carbocycles. The van der Waals surface area contributed by atoms with E-state index in [4.69, 9.17) is 15.2 Å². The Hall–Kier alpha value is -1.06. The van der Waals surface area contributed by atoms with Crippen LogP contribution in [0.25, 0.3) is 0 Å². The third kappa shape index (κ3) is 4.31. The molecule has 1 aromatic carbocycles. The maximum absolute atomic E-state index is 5.83. The predicted molar refractivity (Wildman–Crippen MR) is 72.7 cm³/mol. The smallest absolute Gasteiger partial charge is 0.119 e. The summed E-state index contributed by atoms with van der Waals surface area (Å²) in [6.45, 7) is 2.12. The Morgan fingerprint density at radius 1 is 1.00 bits per heavy atom. The van der Waals surface area contributed by atoms with Gasteiger partial charge in [-0.05, 0) is 50.3 Å². The maximum atomic E-state index is 5.83. The van der Waals surface area contributed by atoms with Crippen LogP contribution in [0.15, 0.2) is 30.3 Å². The second-order valence-electron chi connectivity index (χ2n) is 4.91. The van der Waals surface area contributed by atoms with E-state index in [0.717, 1.165) is 25.1 Å². The van der Waals surface area contributed by atoms with Crippen molar-refractivity contribution >= 4 is 0 Å². The second kappa shape index (κ2) is 7.39. The molecule has 0 saturated heterocycles. The summed E-state index contributed by atoms with van der Waals surface area (Å²) in [5.74, 6) is 1.62. The van der Waals surface area contributed by atoms with E-state index in [-0.39, 0.29) is 0 Å². The fraction of sp³-hybridized carbons (Fsp3) is 0.600. The fourth-order valence-electron chi connectivity index (χ4n) is 2.43. The number of nitrogens with two attached hydrogens (primary N) is 1. The Morgan fingerprint density at radius 3 is 2.39 bits per heavy atom. The average Bonchev–Trinajstić information content (AvgIpc) is 2.45. The van der Waals surface area contributed by atoms with Crippen molar-refractivity contribution in [2.75, 3.05) is 19.8 Å². The standard InChI is InChI=1S/C15H23NO2/c16-12-13-6-8-15(9-7-13)18-11-10-17-14-4-2-1-3-5-14/h1-5,13,15H,6-12,16H2/t13-,15+. The molecular formula is C15H23NO2. The SMILES string of the molecule is NC[C@H]1CC[C@@H](OCCOc2ccccc2)CC1. The highest BCUT2D eigenvalue weighted by atomic mass is 16.5. The van der Waals surface area contributed by atoms with Crippen LogP contribution in [-0.2, 0) is 4.74 Å². The van der Waals surface area contributed by atoms with Gasteiger partial charge < -0.3 is 15.2 Å². The zero-order valence-corrected chi connectivity index (χ0v) is 10.9. The Labute approximate surface area is 109 Å². The largest absolute Gasteiger partial charge is 0.491 e. The van der Waals surface area contributed by atoms with Gasteiger partial charge in [-0.3, -0.25) is 0 Å². The predicted octanol–water partition coefficient (Wildman–Crippen LogP) is 2.60. The molecule has 0 spiro atoms. The van der Waals surface area contributed by atoms with Crippen LogP contribution < -0.4 is 10.5 Å². The van der Waals surface area contributed by atoms with E-state index < -0.39 is 0 Å². The molecule has 1 fully saturated rings. The third-order valence-electron chi connectivity index (χ3n) is 3.58. The zero-order valence-electron chi connectivity index (χ0n) is 10.9. The molecule has 0 aliphatic heterocycles. The Kier molecular flexibility index (Phi) is 5.49. The number of ether oxygens (including phenoxy) is 2. The summed E-state index contributed by atoms with van der Waals surface area (Å²) in [7, 11) is 0. The highest BCUT2D eigenvalue weighted by Gasteiger charge is 2.20. The minimum absolute atomic E-state index is 0.409. The molecule has 1 aliphatic rings. The molecule has 0 atom stereocenters. The van der Waals surface area contributed by atoms with Crippen LogP contribution in [0.1, 0.15) is 25.7 Å².